The summed E-state index contributed by atoms with van der Waals surface area (Å²) in [5.41, 5.74) is 0. The third kappa shape index (κ3) is 4.49. The molecule has 0 radical (unpaired) electrons. The van der Waals surface area contributed by atoms with Gasteiger partial charge in [0.1, 0.15) is 6.54 Å². The van der Waals surface area contributed by atoms with E-state index >= 15 is 0 Å². The summed E-state index contributed by atoms with van der Waals surface area (Å²) >= 11 is 0. The molecule has 0 aliphatic carbocycles. The standard InChI is InChI=1S/C9H15N5O3/c1-6(2)10-8(15)5-14-4-7(12-13-14)11-9(16)17-3/h4,6H,5H2,1-3H3,(H,10,15)(H,11,16). The fourth-order valence-electron chi connectivity index (χ4n) is 1.10. The van der Waals surface area contributed by atoms with Crippen LogP contribution in [0.5, 0.6) is 0 Å². The highest BCUT2D eigenvalue weighted by Gasteiger charge is 2.08. The average Bonchev–Trinajstić information content (AvgIpc) is 2.63. The molecular weight excluding hydrogens is 226 g/mol. The number of hydrogen-bond donors (Lipinski definition) is 2. The molecule has 0 bridgehead atoms. The van der Waals surface area contributed by atoms with E-state index in [1.165, 1.54) is 18.0 Å². The topological polar surface area (TPSA) is 98.1 Å². The second kappa shape index (κ2) is 5.83. The molecule has 0 aromatic carbocycles. The minimum atomic E-state index is -0.635. The number of carbonyl (C=O) groups is 2. The predicted molar refractivity (Wildman–Crippen MR) is 59.3 cm³/mol. The van der Waals surface area contributed by atoms with Crippen molar-refractivity contribution in [3.05, 3.63) is 6.20 Å². The molecule has 1 rings (SSSR count). The van der Waals surface area contributed by atoms with Crippen molar-refractivity contribution in [3.63, 3.8) is 0 Å². The number of carbonyl (C=O) groups excluding carboxylic acids is 2. The Morgan fingerprint density at radius 3 is 2.82 bits per heavy atom. The van der Waals surface area contributed by atoms with Crippen molar-refractivity contribution < 1.29 is 14.3 Å². The quantitative estimate of drug-likeness (QED) is 0.772. The summed E-state index contributed by atoms with van der Waals surface area (Å²) in [6, 6.07) is 0.0682. The van der Waals surface area contributed by atoms with Crippen LogP contribution in [0, 0.1) is 0 Å². The molecule has 17 heavy (non-hydrogen) atoms. The third-order valence-corrected chi connectivity index (χ3v) is 1.71. The van der Waals surface area contributed by atoms with Gasteiger partial charge >= 0.3 is 6.09 Å². The Morgan fingerprint density at radius 2 is 2.24 bits per heavy atom. The molecule has 0 aliphatic heterocycles. The molecule has 8 nitrogen and oxygen atoms in total. The Hall–Kier alpha value is -2.12. The minimum Gasteiger partial charge on any atom is -0.453 e. The van der Waals surface area contributed by atoms with E-state index in [9.17, 15) is 9.59 Å². The Bertz CT molecular complexity index is 401. The number of anilines is 1. The van der Waals surface area contributed by atoms with Crippen LogP contribution in [0.25, 0.3) is 0 Å². The van der Waals surface area contributed by atoms with Gasteiger partial charge in [-0.25, -0.2) is 9.48 Å². The van der Waals surface area contributed by atoms with Crippen molar-refractivity contribution >= 4 is 17.8 Å². The number of aromatic nitrogens is 3. The zero-order valence-electron chi connectivity index (χ0n) is 9.93. The summed E-state index contributed by atoms with van der Waals surface area (Å²) in [7, 11) is 1.25. The Kier molecular flexibility index (Phi) is 4.44. The molecule has 1 aromatic rings. The fourth-order valence-corrected chi connectivity index (χ4v) is 1.10. The first kappa shape index (κ1) is 12.9. The summed E-state index contributed by atoms with van der Waals surface area (Å²) < 4.78 is 5.71. The van der Waals surface area contributed by atoms with Gasteiger partial charge in [-0.3, -0.25) is 10.1 Å². The van der Waals surface area contributed by atoms with Crippen molar-refractivity contribution in [2.45, 2.75) is 26.4 Å². The number of ether oxygens (including phenoxy) is 1. The van der Waals surface area contributed by atoms with Crippen molar-refractivity contribution in [1.82, 2.24) is 20.3 Å². The molecule has 0 saturated carbocycles. The molecule has 8 heteroatoms. The Morgan fingerprint density at radius 1 is 1.53 bits per heavy atom. The number of amides is 2. The van der Waals surface area contributed by atoms with E-state index in [1.807, 2.05) is 13.8 Å². The maximum Gasteiger partial charge on any atom is 0.412 e. The van der Waals surface area contributed by atoms with Crippen LogP contribution in [0.15, 0.2) is 6.20 Å². The lowest BCUT2D eigenvalue weighted by Gasteiger charge is -2.07. The van der Waals surface area contributed by atoms with E-state index in [0.717, 1.165) is 0 Å². The van der Waals surface area contributed by atoms with Gasteiger partial charge in [0.15, 0.2) is 5.82 Å². The normalized spacial score (nSPS) is 10.1. The molecule has 0 unspecified atom stereocenters. The van der Waals surface area contributed by atoms with Gasteiger partial charge in [0.05, 0.1) is 13.3 Å². The highest BCUT2D eigenvalue weighted by Crippen LogP contribution is 2.00. The lowest BCUT2D eigenvalue weighted by molar-refractivity contribution is -0.122. The van der Waals surface area contributed by atoms with Gasteiger partial charge in [0.25, 0.3) is 0 Å². The van der Waals surface area contributed by atoms with E-state index in [1.54, 1.807) is 0 Å². The molecule has 0 aliphatic rings. The Balaban J connectivity index is 2.51. The van der Waals surface area contributed by atoms with Gasteiger partial charge in [-0.05, 0) is 13.8 Å². The number of hydrogen-bond acceptors (Lipinski definition) is 5. The summed E-state index contributed by atoms with van der Waals surface area (Å²) in [5, 5.41) is 12.4. The Labute approximate surface area is 98.3 Å². The zero-order chi connectivity index (χ0) is 12.8. The minimum absolute atomic E-state index is 0.0496. The highest BCUT2D eigenvalue weighted by atomic mass is 16.5. The monoisotopic (exact) mass is 241 g/mol. The summed E-state index contributed by atoms with van der Waals surface area (Å²) in [6.45, 7) is 3.78. The van der Waals surface area contributed by atoms with Crippen LogP contribution in [0.4, 0.5) is 10.6 Å². The first-order valence-electron chi connectivity index (χ1n) is 5.05. The van der Waals surface area contributed by atoms with Gasteiger partial charge in [0, 0.05) is 6.04 Å². The van der Waals surface area contributed by atoms with E-state index in [0.29, 0.717) is 0 Å². The van der Waals surface area contributed by atoms with Gasteiger partial charge in [-0.1, -0.05) is 5.21 Å². The van der Waals surface area contributed by atoms with E-state index in [4.69, 9.17) is 0 Å². The third-order valence-electron chi connectivity index (χ3n) is 1.71. The number of methoxy groups -OCH3 is 1. The predicted octanol–water partition coefficient (Wildman–Crippen LogP) is -0.0190. The van der Waals surface area contributed by atoms with Gasteiger partial charge in [-0.2, -0.15) is 0 Å². The van der Waals surface area contributed by atoms with Gasteiger partial charge in [-0.15, -0.1) is 5.10 Å². The summed E-state index contributed by atoms with van der Waals surface area (Å²) in [4.78, 5) is 22.3. The van der Waals surface area contributed by atoms with Crippen molar-refractivity contribution in [2.24, 2.45) is 0 Å². The second-order valence-electron chi connectivity index (χ2n) is 3.64. The summed E-state index contributed by atoms with van der Waals surface area (Å²) in [6.07, 6.45) is 0.806. The smallest absolute Gasteiger partial charge is 0.412 e. The van der Waals surface area contributed by atoms with Crippen LogP contribution in [0.3, 0.4) is 0 Å². The molecule has 0 fully saturated rings. The molecule has 2 amide bonds. The lowest BCUT2D eigenvalue weighted by Crippen LogP contribution is -2.33. The van der Waals surface area contributed by atoms with E-state index in [-0.39, 0.29) is 24.3 Å². The SMILES string of the molecule is COC(=O)Nc1cn(CC(=O)NC(C)C)nn1. The van der Waals surface area contributed by atoms with Crippen LogP contribution < -0.4 is 10.6 Å². The lowest BCUT2D eigenvalue weighted by atomic mass is 10.4. The van der Waals surface area contributed by atoms with Crippen LogP contribution in [0.1, 0.15) is 13.8 Å². The van der Waals surface area contributed by atoms with Crippen molar-refractivity contribution in [3.8, 4) is 0 Å². The highest BCUT2D eigenvalue weighted by molar-refractivity contribution is 5.82. The maximum atomic E-state index is 11.4. The van der Waals surface area contributed by atoms with Crippen LogP contribution in [-0.4, -0.2) is 40.1 Å². The fraction of sp³-hybridized carbons (Fsp3) is 0.556. The average molecular weight is 241 g/mol. The van der Waals surface area contributed by atoms with Crippen LogP contribution in [0.2, 0.25) is 0 Å². The molecule has 1 heterocycles. The second-order valence-corrected chi connectivity index (χ2v) is 3.64. The summed E-state index contributed by atoms with van der Waals surface area (Å²) in [5.74, 6) is 0.0590. The molecular formula is C9H15N5O3. The molecule has 0 atom stereocenters. The van der Waals surface area contributed by atoms with Gasteiger partial charge in [0.2, 0.25) is 5.91 Å². The molecule has 1 aromatic heterocycles. The first-order chi connectivity index (χ1) is 8.01. The molecule has 94 valence electrons. The largest absolute Gasteiger partial charge is 0.453 e. The van der Waals surface area contributed by atoms with E-state index in [2.05, 4.69) is 25.7 Å². The number of rotatable bonds is 4. The number of nitrogens with zero attached hydrogens (tertiary/aromatic N) is 3. The maximum absolute atomic E-state index is 11.4. The molecule has 0 spiro atoms. The first-order valence-corrected chi connectivity index (χ1v) is 5.05. The molecule has 2 N–H and O–H groups in total. The number of nitrogens with one attached hydrogen (secondary N) is 2. The zero-order valence-corrected chi connectivity index (χ0v) is 9.93. The van der Waals surface area contributed by atoms with E-state index < -0.39 is 6.09 Å². The van der Waals surface area contributed by atoms with Crippen LogP contribution in [-0.2, 0) is 16.1 Å². The van der Waals surface area contributed by atoms with Crippen molar-refractivity contribution in [1.29, 1.82) is 0 Å². The van der Waals surface area contributed by atoms with Gasteiger partial charge < -0.3 is 10.1 Å². The molecule has 0 saturated heterocycles. The van der Waals surface area contributed by atoms with Crippen molar-refractivity contribution in [2.75, 3.05) is 12.4 Å². The van der Waals surface area contributed by atoms with Crippen LogP contribution >= 0.6 is 0 Å².